The van der Waals surface area contributed by atoms with Crippen molar-refractivity contribution in [2.45, 2.75) is 39.0 Å². The standard InChI is InChI=1S/C16H21BrO2/c1-3-11-4-6-12(7-5-11)16(18)14-10-13(17)8-9-15(14)19-2/h8-12H,3-7H2,1-2H3. The second kappa shape index (κ2) is 6.56. The lowest BCUT2D eigenvalue weighted by Crippen LogP contribution is -2.22. The summed E-state index contributed by atoms with van der Waals surface area (Å²) in [5.74, 6) is 1.91. The molecule has 0 aliphatic heterocycles. The largest absolute Gasteiger partial charge is 0.496 e. The normalized spacial score (nSPS) is 23.1. The molecule has 0 amide bonds. The SMILES string of the molecule is CCC1CCC(C(=O)c2cc(Br)ccc2OC)CC1. The van der Waals surface area contributed by atoms with Crippen molar-refractivity contribution in [2.75, 3.05) is 7.11 Å². The van der Waals surface area contributed by atoms with Crippen molar-refractivity contribution >= 4 is 21.7 Å². The summed E-state index contributed by atoms with van der Waals surface area (Å²) in [7, 11) is 1.62. The summed E-state index contributed by atoms with van der Waals surface area (Å²) in [6.07, 6.45) is 5.65. The zero-order chi connectivity index (χ0) is 13.8. The van der Waals surface area contributed by atoms with E-state index < -0.39 is 0 Å². The summed E-state index contributed by atoms with van der Waals surface area (Å²) < 4.78 is 6.24. The van der Waals surface area contributed by atoms with Crippen LogP contribution in [0.5, 0.6) is 5.75 Å². The van der Waals surface area contributed by atoms with E-state index in [1.165, 1.54) is 19.3 Å². The molecule has 0 heterocycles. The first kappa shape index (κ1) is 14.6. The summed E-state index contributed by atoms with van der Waals surface area (Å²) >= 11 is 3.43. The fourth-order valence-electron chi connectivity index (χ4n) is 2.93. The Hall–Kier alpha value is -0.830. The Morgan fingerprint density at radius 1 is 1.32 bits per heavy atom. The van der Waals surface area contributed by atoms with Gasteiger partial charge in [0.15, 0.2) is 5.78 Å². The lowest BCUT2D eigenvalue weighted by atomic mass is 9.77. The number of carbonyl (C=O) groups excluding carboxylic acids is 1. The maximum atomic E-state index is 12.6. The quantitative estimate of drug-likeness (QED) is 0.739. The highest BCUT2D eigenvalue weighted by Gasteiger charge is 2.27. The fourth-order valence-corrected chi connectivity index (χ4v) is 3.29. The molecule has 104 valence electrons. The number of methoxy groups -OCH3 is 1. The lowest BCUT2D eigenvalue weighted by Gasteiger charge is -2.27. The van der Waals surface area contributed by atoms with E-state index in [2.05, 4.69) is 22.9 Å². The smallest absolute Gasteiger partial charge is 0.169 e. The van der Waals surface area contributed by atoms with Gasteiger partial charge in [0.25, 0.3) is 0 Å². The van der Waals surface area contributed by atoms with Gasteiger partial charge in [-0.25, -0.2) is 0 Å². The summed E-state index contributed by atoms with van der Waals surface area (Å²) in [5.41, 5.74) is 0.719. The molecule has 1 aliphatic carbocycles. The second-order valence-electron chi connectivity index (χ2n) is 5.33. The monoisotopic (exact) mass is 324 g/mol. The molecule has 1 aromatic rings. The van der Waals surface area contributed by atoms with Crippen molar-refractivity contribution in [1.82, 2.24) is 0 Å². The third kappa shape index (κ3) is 3.38. The van der Waals surface area contributed by atoms with Gasteiger partial charge in [-0.15, -0.1) is 0 Å². The predicted molar refractivity (Wildman–Crippen MR) is 80.8 cm³/mol. The molecule has 0 aromatic heterocycles. The Labute approximate surface area is 123 Å². The van der Waals surface area contributed by atoms with Crippen LogP contribution < -0.4 is 4.74 Å². The summed E-state index contributed by atoms with van der Waals surface area (Å²) in [4.78, 5) is 12.6. The van der Waals surface area contributed by atoms with Crippen LogP contribution in [0.2, 0.25) is 0 Å². The van der Waals surface area contributed by atoms with Gasteiger partial charge in [0.05, 0.1) is 12.7 Å². The third-order valence-corrected chi connectivity index (χ3v) is 4.72. The van der Waals surface area contributed by atoms with Crippen molar-refractivity contribution in [3.05, 3.63) is 28.2 Å². The number of rotatable bonds is 4. The number of ketones is 1. The summed E-state index contributed by atoms with van der Waals surface area (Å²) in [6.45, 7) is 2.24. The minimum Gasteiger partial charge on any atom is -0.496 e. The van der Waals surface area contributed by atoms with Gasteiger partial charge in [-0.1, -0.05) is 29.3 Å². The van der Waals surface area contributed by atoms with Crippen LogP contribution in [0.25, 0.3) is 0 Å². The van der Waals surface area contributed by atoms with Crippen LogP contribution in [0, 0.1) is 11.8 Å². The molecule has 0 N–H and O–H groups in total. The molecule has 1 fully saturated rings. The number of hydrogen-bond acceptors (Lipinski definition) is 2. The first-order chi connectivity index (χ1) is 9.15. The fraction of sp³-hybridized carbons (Fsp3) is 0.562. The lowest BCUT2D eigenvalue weighted by molar-refractivity contribution is 0.0868. The maximum absolute atomic E-state index is 12.6. The van der Waals surface area contributed by atoms with Crippen LogP contribution in [-0.2, 0) is 0 Å². The zero-order valence-corrected chi connectivity index (χ0v) is 13.2. The Kier molecular flexibility index (Phi) is 5.03. The van der Waals surface area contributed by atoms with Gasteiger partial charge in [-0.3, -0.25) is 4.79 Å². The van der Waals surface area contributed by atoms with E-state index in [1.54, 1.807) is 7.11 Å². The van der Waals surface area contributed by atoms with E-state index in [1.807, 2.05) is 18.2 Å². The van der Waals surface area contributed by atoms with Crippen LogP contribution in [0.4, 0.5) is 0 Å². The van der Waals surface area contributed by atoms with E-state index in [-0.39, 0.29) is 11.7 Å². The molecule has 0 bridgehead atoms. The molecule has 1 saturated carbocycles. The highest BCUT2D eigenvalue weighted by Crippen LogP contribution is 2.35. The van der Waals surface area contributed by atoms with Gasteiger partial charge < -0.3 is 4.74 Å². The number of benzene rings is 1. The molecule has 2 rings (SSSR count). The third-order valence-electron chi connectivity index (χ3n) is 4.22. The van der Waals surface area contributed by atoms with Crippen molar-refractivity contribution in [3.8, 4) is 5.75 Å². The van der Waals surface area contributed by atoms with E-state index >= 15 is 0 Å². The molecular formula is C16H21BrO2. The Balaban J connectivity index is 2.14. The van der Waals surface area contributed by atoms with E-state index in [4.69, 9.17) is 4.74 Å². The van der Waals surface area contributed by atoms with E-state index in [9.17, 15) is 4.79 Å². The average Bonchev–Trinajstić information content (AvgIpc) is 2.46. The van der Waals surface area contributed by atoms with Crippen molar-refractivity contribution in [3.63, 3.8) is 0 Å². The Morgan fingerprint density at radius 3 is 2.58 bits per heavy atom. The van der Waals surface area contributed by atoms with Gasteiger partial charge in [-0.2, -0.15) is 0 Å². The van der Waals surface area contributed by atoms with Gasteiger partial charge in [0, 0.05) is 10.4 Å². The summed E-state index contributed by atoms with van der Waals surface area (Å²) in [6, 6.07) is 5.64. The van der Waals surface area contributed by atoms with Gasteiger partial charge >= 0.3 is 0 Å². The zero-order valence-electron chi connectivity index (χ0n) is 11.6. The molecule has 0 unspecified atom stereocenters. The predicted octanol–water partition coefficient (Wildman–Crippen LogP) is 4.86. The van der Waals surface area contributed by atoms with Crippen LogP contribution in [0.3, 0.4) is 0 Å². The van der Waals surface area contributed by atoms with Crippen LogP contribution >= 0.6 is 15.9 Å². The topological polar surface area (TPSA) is 26.3 Å². The second-order valence-corrected chi connectivity index (χ2v) is 6.25. The minimum absolute atomic E-state index is 0.172. The molecule has 2 nitrogen and oxygen atoms in total. The summed E-state index contributed by atoms with van der Waals surface area (Å²) in [5, 5.41) is 0. The van der Waals surface area contributed by atoms with Crippen molar-refractivity contribution in [2.24, 2.45) is 11.8 Å². The van der Waals surface area contributed by atoms with Crippen molar-refractivity contribution in [1.29, 1.82) is 0 Å². The average molecular weight is 325 g/mol. The van der Waals surface area contributed by atoms with E-state index in [0.29, 0.717) is 5.75 Å². The molecule has 19 heavy (non-hydrogen) atoms. The van der Waals surface area contributed by atoms with Crippen LogP contribution in [0.15, 0.2) is 22.7 Å². The molecule has 0 spiro atoms. The molecule has 0 saturated heterocycles. The molecule has 1 aliphatic rings. The molecule has 0 atom stereocenters. The number of hydrogen-bond donors (Lipinski definition) is 0. The van der Waals surface area contributed by atoms with Gasteiger partial charge in [0.1, 0.15) is 5.75 Å². The molecule has 3 heteroatoms. The maximum Gasteiger partial charge on any atom is 0.169 e. The van der Waals surface area contributed by atoms with Gasteiger partial charge in [0.2, 0.25) is 0 Å². The highest BCUT2D eigenvalue weighted by molar-refractivity contribution is 9.10. The Morgan fingerprint density at radius 2 is 2.00 bits per heavy atom. The molecule has 0 radical (unpaired) electrons. The Bertz CT molecular complexity index is 448. The molecular weight excluding hydrogens is 304 g/mol. The first-order valence-electron chi connectivity index (χ1n) is 7.03. The first-order valence-corrected chi connectivity index (χ1v) is 7.82. The number of Topliss-reactive ketones (excluding diaryl/α,β-unsaturated/α-hetero) is 1. The number of carbonyl (C=O) groups is 1. The van der Waals surface area contributed by atoms with Crippen LogP contribution in [0.1, 0.15) is 49.4 Å². The van der Waals surface area contributed by atoms with Crippen LogP contribution in [-0.4, -0.2) is 12.9 Å². The number of halogens is 1. The number of ether oxygens (including phenoxy) is 1. The highest BCUT2D eigenvalue weighted by atomic mass is 79.9. The minimum atomic E-state index is 0.172. The van der Waals surface area contributed by atoms with Gasteiger partial charge in [-0.05, 0) is 49.8 Å². The molecule has 1 aromatic carbocycles. The van der Waals surface area contributed by atoms with Crippen molar-refractivity contribution < 1.29 is 9.53 Å². The van der Waals surface area contributed by atoms with E-state index in [0.717, 1.165) is 28.8 Å².